The van der Waals surface area contributed by atoms with Gasteiger partial charge < -0.3 is 9.47 Å². The summed E-state index contributed by atoms with van der Waals surface area (Å²) in [5, 5.41) is 4.37. The molecule has 0 atom stereocenters. The van der Waals surface area contributed by atoms with Crippen molar-refractivity contribution in [3.63, 3.8) is 0 Å². The number of hydrogen-bond donors (Lipinski definition) is 0. The summed E-state index contributed by atoms with van der Waals surface area (Å²) >= 11 is 0. The predicted octanol–water partition coefficient (Wildman–Crippen LogP) is 1.61. The highest BCUT2D eigenvalue weighted by Gasteiger charge is 2.18. The lowest BCUT2D eigenvalue weighted by Gasteiger charge is -2.11. The quantitative estimate of drug-likeness (QED) is 0.734. The molecular weight excluding hydrogens is 270 g/mol. The maximum Gasteiger partial charge on any atom is 0.350 e. The van der Waals surface area contributed by atoms with Crippen LogP contribution in [0.15, 0.2) is 16.9 Å². The van der Waals surface area contributed by atoms with Crippen LogP contribution in [0.1, 0.15) is 23.9 Å². The average Bonchev–Trinajstić information content (AvgIpc) is 2.69. The fourth-order valence-electron chi connectivity index (χ4n) is 2.51. The van der Waals surface area contributed by atoms with E-state index in [1.807, 2.05) is 25.1 Å². The van der Waals surface area contributed by atoms with Crippen molar-refractivity contribution in [2.24, 2.45) is 0 Å². The van der Waals surface area contributed by atoms with Gasteiger partial charge in [0.15, 0.2) is 11.5 Å². The van der Waals surface area contributed by atoms with Crippen molar-refractivity contribution in [3.05, 3.63) is 39.6 Å². The maximum atomic E-state index is 12.2. The zero-order valence-corrected chi connectivity index (χ0v) is 12.3. The summed E-state index contributed by atoms with van der Waals surface area (Å²) < 4.78 is 13.7. The Bertz CT molecular complexity index is 771. The molecule has 0 saturated carbocycles. The second kappa shape index (κ2) is 5.12. The molecule has 1 aromatic carbocycles. The third kappa shape index (κ3) is 2.12. The summed E-state index contributed by atoms with van der Waals surface area (Å²) in [6.45, 7) is 2.46. The standard InChI is InChI=1S/C15H17N3O3/c1-4-18-15(19)17-6-5-10-7-12(20-2)13(21-3)8-11(10)9-14(17)16-18/h5-8H,4,9H2,1-3H3. The maximum absolute atomic E-state index is 12.2. The van der Waals surface area contributed by atoms with E-state index in [1.165, 1.54) is 4.68 Å². The normalized spacial score (nSPS) is 12.5. The Kier molecular flexibility index (Phi) is 3.29. The Labute approximate surface area is 122 Å². The van der Waals surface area contributed by atoms with E-state index < -0.39 is 0 Å². The van der Waals surface area contributed by atoms with Gasteiger partial charge in [0.05, 0.1) is 14.2 Å². The molecule has 0 aliphatic carbocycles. The van der Waals surface area contributed by atoms with Gasteiger partial charge in [-0.3, -0.25) is 4.57 Å². The molecule has 0 amide bonds. The SMILES string of the molecule is CCn1nc2n(c1=O)C=Cc1cc(OC)c(OC)cc1C2. The van der Waals surface area contributed by atoms with E-state index in [0.717, 1.165) is 17.0 Å². The fraction of sp³-hybridized carbons (Fsp3) is 0.333. The molecule has 1 aliphatic heterocycles. The molecule has 1 aromatic heterocycles. The van der Waals surface area contributed by atoms with Crippen LogP contribution in [0.2, 0.25) is 0 Å². The molecule has 0 unspecified atom stereocenters. The molecule has 21 heavy (non-hydrogen) atoms. The molecule has 0 N–H and O–H groups in total. The third-order valence-corrected chi connectivity index (χ3v) is 3.64. The summed E-state index contributed by atoms with van der Waals surface area (Å²) in [5.74, 6) is 2.07. The molecule has 1 aliphatic rings. The summed E-state index contributed by atoms with van der Waals surface area (Å²) in [6.07, 6.45) is 4.23. The van der Waals surface area contributed by atoms with Gasteiger partial charge in [0, 0.05) is 19.2 Å². The van der Waals surface area contributed by atoms with E-state index in [0.29, 0.717) is 24.5 Å². The highest BCUT2D eigenvalue weighted by molar-refractivity contribution is 5.68. The van der Waals surface area contributed by atoms with Gasteiger partial charge in [-0.2, -0.15) is 5.10 Å². The van der Waals surface area contributed by atoms with Gasteiger partial charge in [0.25, 0.3) is 0 Å². The van der Waals surface area contributed by atoms with Crippen LogP contribution in [-0.4, -0.2) is 28.6 Å². The highest BCUT2D eigenvalue weighted by Crippen LogP contribution is 2.33. The monoisotopic (exact) mass is 287 g/mol. The number of benzene rings is 1. The second-order valence-corrected chi connectivity index (χ2v) is 4.78. The van der Waals surface area contributed by atoms with Gasteiger partial charge in [-0.05, 0) is 36.3 Å². The smallest absolute Gasteiger partial charge is 0.350 e. The lowest BCUT2D eigenvalue weighted by atomic mass is 10.0. The molecule has 6 nitrogen and oxygen atoms in total. The van der Waals surface area contributed by atoms with Gasteiger partial charge in [-0.15, -0.1) is 0 Å². The van der Waals surface area contributed by atoms with E-state index in [9.17, 15) is 4.79 Å². The van der Waals surface area contributed by atoms with E-state index >= 15 is 0 Å². The molecule has 2 heterocycles. The van der Waals surface area contributed by atoms with Crippen molar-refractivity contribution in [3.8, 4) is 11.5 Å². The summed E-state index contributed by atoms with van der Waals surface area (Å²) in [4.78, 5) is 12.2. The number of hydrogen-bond acceptors (Lipinski definition) is 4. The first-order valence-electron chi connectivity index (χ1n) is 6.79. The molecule has 6 heteroatoms. The fourth-order valence-corrected chi connectivity index (χ4v) is 2.51. The highest BCUT2D eigenvalue weighted by atomic mass is 16.5. The van der Waals surface area contributed by atoms with Crippen molar-refractivity contribution >= 4 is 12.3 Å². The number of nitrogens with zero attached hydrogens (tertiary/aromatic N) is 3. The van der Waals surface area contributed by atoms with Crippen molar-refractivity contribution in [1.29, 1.82) is 0 Å². The molecular formula is C15H17N3O3. The molecule has 0 saturated heterocycles. The summed E-state index contributed by atoms with van der Waals surface area (Å²) in [5.41, 5.74) is 1.94. The summed E-state index contributed by atoms with van der Waals surface area (Å²) in [6, 6.07) is 3.85. The van der Waals surface area contributed by atoms with Crippen molar-refractivity contribution in [2.75, 3.05) is 14.2 Å². The molecule has 0 bridgehead atoms. The van der Waals surface area contributed by atoms with Crippen LogP contribution in [0.25, 0.3) is 12.3 Å². The van der Waals surface area contributed by atoms with Crippen LogP contribution in [-0.2, 0) is 13.0 Å². The number of rotatable bonds is 3. The number of fused-ring (bicyclic) bond motifs is 2. The van der Waals surface area contributed by atoms with Crippen LogP contribution < -0.4 is 15.2 Å². The number of ether oxygens (including phenoxy) is 2. The van der Waals surface area contributed by atoms with E-state index in [1.54, 1.807) is 25.0 Å². The van der Waals surface area contributed by atoms with Crippen molar-refractivity contribution in [1.82, 2.24) is 14.3 Å². The van der Waals surface area contributed by atoms with Gasteiger partial charge in [-0.25, -0.2) is 9.48 Å². The van der Waals surface area contributed by atoms with Crippen molar-refractivity contribution in [2.45, 2.75) is 19.9 Å². The molecule has 3 rings (SSSR count). The van der Waals surface area contributed by atoms with Gasteiger partial charge in [0.1, 0.15) is 5.82 Å². The number of methoxy groups -OCH3 is 2. The number of aryl methyl sites for hydroxylation is 1. The molecule has 0 spiro atoms. The molecule has 0 fully saturated rings. The topological polar surface area (TPSA) is 58.3 Å². The first kappa shape index (κ1) is 13.5. The van der Waals surface area contributed by atoms with Crippen LogP contribution >= 0.6 is 0 Å². The first-order valence-corrected chi connectivity index (χ1v) is 6.79. The Morgan fingerprint density at radius 1 is 1.24 bits per heavy atom. The Morgan fingerprint density at radius 3 is 2.62 bits per heavy atom. The van der Waals surface area contributed by atoms with E-state index in [4.69, 9.17) is 9.47 Å². The molecule has 110 valence electrons. The second-order valence-electron chi connectivity index (χ2n) is 4.78. The van der Waals surface area contributed by atoms with Gasteiger partial charge >= 0.3 is 5.69 Å². The minimum absolute atomic E-state index is 0.115. The first-order chi connectivity index (χ1) is 10.2. The van der Waals surface area contributed by atoms with Crippen molar-refractivity contribution < 1.29 is 9.47 Å². The van der Waals surface area contributed by atoms with E-state index in [-0.39, 0.29) is 5.69 Å². The Hall–Kier alpha value is -2.50. The number of aromatic nitrogens is 3. The average molecular weight is 287 g/mol. The molecule has 0 radical (unpaired) electrons. The largest absolute Gasteiger partial charge is 0.493 e. The summed E-state index contributed by atoms with van der Waals surface area (Å²) in [7, 11) is 3.22. The Morgan fingerprint density at radius 2 is 1.95 bits per heavy atom. The van der Waals surface area contributed by atoms with Gasteiger partial charge in [0.2, 0.25) is 0 Å². The van der Waals surface area contributed by atoms with Gasteiger partial charge in [-0.1, -0.05) is 0 Å². The van der Waals surface area contributed by atoms with Crippen LogP contribution in [0.4, 0.5) is 0 Å². The minimum Gasteiger partial charge on any atom is -0.493 e. The predicted molar refractivity (Wildman–Crippen MR) is 79.7 cm³/mol. The Balaban J connectivity index is 2.14. The molecule has 2 aromatic rings. The lowest BCUT2D eigenvalue weighted by Crippen LogP contribution is -2.21. The van der Waals surface area contributed by atoms with Crippen LogP contribution in [0.3, 0.4) is 0 Å². The zero-order chi connectivity index (χ0) is 15.0. The van der Waals surface area contributed by atoms with Crippen LogP contribution in [0, 0.1) is 0 Å². The minimum atomic E-state index is -0.115. The third-order valence-electron chi connectivity index (χ3n) is 3.64. The van der Waals surface area contributed by atoms with E-state index in [2.05, 4.69) is 5.10 Å². The zero-order valence-electron chi connectivity index (χ0n) is 12.3. The lowest BCUT2D eigenvalue weighted by molar-refractivity contribution is 0.354. The van der Waals surface area contributed by atoms with Crippen LogP contribution in [0.5, 0.6) is 11.5 Å².